The van der Waals surface area contributed by atoms with Crippen molar-refractivity contribution in [1.82, 2.24) is 0 Å². The van der Waals surface area contributed by atoms with E-state index < -0.39 is 23.4 Å². The van der Waals surface area contributed by atoms with Gasteiger partial charge in [0, 0.05) is 0 Å². The fourth-order valence-electron chi connectivity index (χ4n) is 3.94. The fraction of sp³-hybridized carbons (Fsp3) is 0.0714. The number of alkyl halides is 3. The van der Waals surface area contributed by atoms with Crippen LogP contribution in [-0.2, 0) is 11.4 Å². The highest BCUT2D eigenvalue weighted by Crippen LogP contribution is 2.33. The molecule has 1 aliphatic heterocycles. The molecule has 0 aliphatic carbocycles. The lowest BCUT2D eigenvalue weighted by molar-refractivity contribution is -0.114. The first-order valence-corrected chi connectivity index (χ1v) is 10.9. The number of carbonyl (C=O) groups is 1. The summed E-state index contributed by atoms with van der Waals surface area (Å²) in [5.74, 6) is -0.367. The largest absolute Gasteiger partial charge is 0.489 e. The zero-order chi connectivity index (χ0) is 24.4. The van der Waals surface area contributed by atoms with Gasteiger partial charge in [0.1, 0.15) is 12.4 Å². The number of anilines is 1. The van der Waals surface area contributed by atoms with Crippen molar-refractivity contribution >= 4 is 34.2 Å². The van der Waals surface area contributed by atoms with Gasteiger partial charge in [-0.25, -0.2) is 0 Å². The van der Waals surface area contributed by atoms with E-state index in [4.69, 9.17) is 4.74 Å². The summed E-state index contributed by atoms with van der Waals surface area (Å²) in [5.41, 5.74) is -0.103. The number of nitrogens with zero attached hydrogens (tertiary/aromatic N) is 2. The molecule has 1 heterocycles. The third kappa shape index (κ3) is 4.66. The van der Waals surface area contributed by atoms with Gasteiger partial charge in [-0.2, -0.15) is 23.3 Å². The van der Waals surface area contributed by atoms with Gasteiger partial charge in [-0.15, -0.1) is 0 Å². The zero-order valence-electron chi connectivity index (χ0n) is 18.4. The summed E-state index contributed by atoms with van der Waals surface area (Å²) in [5, 5.41) is 6.52. The second-order valence-electron chi connectivity index (χ2n) is 7.96. The maximum atomic E-state index is 13.7. The smallest absolute Gasteiger partial charge is 0.435 e. The highest BCUT2D eigenvalue weighted by molar-refractivity contribution is 6.34. The quantitative estimate of drug-likeness (QED) is 0.301. The zero-order valence-corrected chi connectivity index (χ0v) is 18.4. The fourth-order valence-corrected chi connectivity index (χ4v) is 3.94. The van der Waals surface area contributed by atoms with Gasteiger partial charge in [0.05, 0.1) is 11.3 Å². The highest BCUT2D eigenvalue weighted by atomic mass is 19.4. The van der Waals surface area contributed by atoms with E-state index in [0.29, 0.717) is 11.3 Å². The summed E-state index contributed by atoms with van der Waals surface area (Å²) in [6.45, 7) is 0.289. The summed E-state index contributed by atoms with van der Waals surface area (Å²) in [6, 6.07) is 28.5. The number of fused-ring (bicyclic) bond motifs is 1. The Kier molecular flexibility index (Phi) is 5.82. The molecule has 1 amide bonds. The summed E-state index contributed by atoms with van der Waals surface area (Å²) in [4.78, 5) is 12.9. The van der Waals surface area contributed by atoms with Crippen LogP contribution in [0.2, 0.25) is 0 Å². The van der Waals surface area contributed by atoms with Crippen molar-refractivity contribution in [3.05, 3.63) is 114 Å². The average Bonchev–Trinajstić information content (AvgIpc) is 3.20. The van der Waals surface area contributed by atoms with Crippen LogP contribution in [0, 0.1) is 0 Å². The maximum Gasteiger partial charge on any atom is 0.435 e. The van der Waals surface area contributed by atoms with E-state index in [1.54, 1.807) is 42.5 Å². The van der Waals surface area contributed by atoms with Crippen molar-refractivity contribution in [2.24, 2.45) is 5.10 Å². The molecule has 0 radical (unpaired) electrons. The Hall–Kier alpha value is -4.39. The van der Waals surface area contributed by atoms with E-state index in [-0.39, 0.29) is 12.3 Å². The minimum Gasteiger partial charge on any atom is -0.489 e. The van der Waals surface area contributed by atoms with Crippen LogP contribution in [0.25, 0.3) is 16.8 Å². The van der Waals surface area contributed by atoms with Gasteiger partial charge in [0.25, 0.3) is 5.91 Å². The van der Waals surface area contributed by atoms with Gasteiger partial charge in [-0.1, -0.05) is 72.8 Å². The van der Waals surface area contributed by atoms with Gasteiger partial charge in [-0.3, -0.25) is 4.79 Å². The molecule has 0 spiro atoms. The van der Waals surface area contributed by atoms with Crippen LogP contribution >= 0.6 is 0 Å². The van der Waals surface area contributed by atoms with Gasteiger partial charge in [0.15, 0.2) is 5.71 Å². The minimum absolute atomic E-state index is 0.259. The van der Waals surface area contributed by atoms with Crippen molar-refractivity contribution in [2.45, 2.75) is 12.8 Å². The third-order valence-electron chi connectivity index (χ3n) is 5.59. The Morgan fingerprint density at radius 1 is 0.857 bits per heavy atom. The van der Waals surface area contributed by atoms with Crippen LogP contribution in [0.5, 0.6) is 5.75 Å². The van der Waals surface area contributed by atoms with Crippen molar-refractivity contribution in [3.8, 4) is 5.75 Å². The van der Waals surface area contributed by atoms with E-state index in [9.17, 15) is 18.0 Å². The molecule has 4 nitrogen and oxygen atoms in total. The van der Waals surface area contributed by atoms with Crippen molar-refractivity contribution in [2.75, 3.05) is 5.01 Å². The molecular formula is C28H19F3N2O2. The SMILES string of the molecule is O=C1/C(=C\c2cccc(OCc3cccc4ccccc34)c2)C(C(F)(F)F)=NN1c1ccccc1. The van der Waals surface area contributed by atoms with Crippen LogP contribution in [-0.4, -0.2) is 17.8 Å². The van der Waals surface area contributed by atoms with Gasteiger partial charge >= 0.3 is 6.18 Å². The molecule has 7 heteroatoms. The minimum atomic E-state index is -4.78. The Morgan fingerprint density at radius 3 is 2.37 bits per heavy atom. The Bertz CT molecular complexity index is 1450. The van der Waals surface area contributed by atoms with Crippen molar-refractivity contribution in [3.63, 3.8) is 0 Å². The molecule has 0 unspecified atom stereocenters. The lowest BCUT2D eigenvalue weighted by Gasteiger charge is -2.11. The number of para-hydroxylation sites is 1. The maximum absolute atomic E-state index is 13.7. The summed E-state index contributed by atoms with van der Waals surface area (Å²) in [7, 11) is 0. The van der Waals surface area contributed by atoms with Crippen molar-refractivity contribution in [1.29, 1.82) is 0 Å². The van der Waals surface area contributed by atoms with Gasteiger partial charge in [-0.05, 0) is 52.2 Å². The molecule has 0 bridgehead atoms. The molecular weight excluding hydrogens is 453 g/mol. The Labute approximate surface area is 199 Å². The molecule has 35 heavy (non-hydrogen) atoms. The molecule has 0 N–H and O–H groups in total. The monoisotopic (exact) mass is 472 g/mol. The van der Waals surface area contributed by atoms with Crippen LogP contribution in [0.3, 0.4) is 0 Å². The van der Waals surface area contributed by atoms with E-state index in [0.717, 1.165) is 21.3 Å². The molecule has 0 atom stereocenters. The molecule has 1 aliphatic rings. The normalized spacial score (nSPS) is 15.1. The first-order valence-electron chi connectivity index (χ1n) is 10.9. The first-order chi connectivity index (χ1) is 16.9. The number of ether oxygens (including phenoxy) is 1. The van der Waals surface area contributed by atoms with Gasteiger partial charge < -0.3 is 4.74 Å². The molecule has 5 rings (SSSR count). The molecule has 4 aromatic carbocycles. The number of halogens is 3. The molecule has 0 saturated carbocycles. The number of benzene rings is 4. The Balaban J connectivity index is 1.42. The second kappa shape index (κ2) is 9.10. The predicted octanol–water partition coefficient (Wildman–Crippen LogP) is 6.77. The van der Waals surface area contributed by atoms with Crippen LogP contribution in [0.1, 0.15) is 11.1 Å². The molecule has 0 fully saturated rings. The highest BCUT2D eigenvalue weighted by Gasteiger charge is 2.46. The van der Waals surface area contributed by atoms with E-state index in [2.05, 4.69) is 5.10 Å². The van der Waals surface area contributed by atoms with E-state index in [1.807, 2.05) is 42.5 Å². The Morgan fingerprint density at radius 2 is 1.57 bits per heavy atom. The lowest BCUT2D eigenvalue weighted by atomic mass is 10.0. The number of hydrazone groups is 1. The molecule has 0 aromatic heterocycles. The van der Waals surface area contributed by atoms with Crippen LogP contribution in [0.15, 0.2) is 108 Å². The second-order valence-corrected chi connectivity index (χ2v) is 7.96. The molecule has 174 valence electrons. The van der Waals surface area contributed by atoms with Crippen LogP contribution in [0.4, 0.5) is 18.9 Å². The first kappa shape index (κ1) is 22.4. The molecule has 4 aromatic rings. The summed E-state index contributed by atoms with van der Waals surface area (Å²) in [6.07, 6.45) is -3.59. The summed E-state index contributed by atoms with van der Waals surface area (Å²) >= 11 is 0. The average molecular weight is 472 g/mol. The third-order valence-corrected chi connectivity index (χ3v) is 5.59. The lowest BCUT2D eigenvalue weighted by Crippen LogP contribution is -2.25. The molecule has 0 saturated heterocycles. The standard InChI is InChI=1S/C28H19F3N2O2/c29-28(30,31)26-25(27(34)33(32-26)22-12-2-1-3-13-22)17-19-8-6-14-23(16-19)35-18-21-11-7-10-20-9-4-5-15-24(20)21/h1-17H,18H2/b25-17-. The van der Waals surface area contributed by atoms with E-state index in [1.165, 1.54) is 18.2 Å². The summed E-state index contributed by atoms with van der Waals surface area (Å²) < 4.78 is 47.1. The van der Waals surface area contributed by atoms with E-state index >= 15 is 0 Å². The van der Waals surface area contributed by atoms with Crippen LogP contribution < -0.4 is 9.75 Å². The number of amides is 1. The topological polar surface area (TPSA) is 41.9 Å². The number of hydrogen-bond donors (Lipinski definition) is 0. The number of hydrogen-bond acceptors (Lipinski definition) is 3. The number of rotatable bonds is 5. The number of carbonyl (C=O) groups excluding carboxylic acids is 1. The van der Waals surface area contributed by atoms with Gasteiger partial charge in [0.2, 0.25) is 0 Å². The predicted molar refractivity (Wildman–Crippen MR) is 130 cm³/mol. The van der Waals surface area contributed by atoms with Crippen molar-refractivity contribution < 1.29 is 22.7 Å².